The molecule has 1 fully saturated rings. The van der Waals surface area contributed by atoms with Gasteiger partial charge in [-0.25, -0.2) is 0 Å². The van der Waals surface area contributed by atoms with Gasteiger partial charge in [0, 0.05) is 17.1 Å². The second kappa shape index (κ2) is 6.83. The molecular formula is C15H21Cl2NO. The van der Waals surface area contributed by atoms with E-state index in [4.69, 9.17) is 23.2 Å². The number of hydrogen-bond acceptors (Lipinski definition) is 2. The molecule has 106 valence electrons. The standard InChI is InChI=1S/C15H21Cl2NO/c1-10-2-4-11(5-3-10)8-18-9-12-6-13(16)7-14(17)15(12)19/h6-7,10-11,18-19H,2-5,8-9H2,1H3. The minimum Gasteiger partial charge on any atom is -0.506 e. The number of rotatable bonds is 4. The third-order valence-corrected chi connectivity index (χ3v) is 4.50. The van der Waals surface area contributed by atoms with Crippen LogP contribution in [0.5, 0.6) is 5.75 Å². The van der Waals surface area contributed by atoms with Crippen molar-refractivity contribution in [3.63, 3.8) is 0 Å². The molecule has 1 aliphatic carbocycles. The second-order valence-corrected chi connectivity index (χ2v) is 6.50. The summed E-state index contributed by atoms with van der Waals surface area (Å²) < 4.78 is 0. The molecule has 0 amide bonds. The monoisotopic (exact) mass is 301 g/mol. The molecule has 2 rings (SSSR count). The Morgan fingerprint density at radius 2 is 1.89 bits per heavy atom. The Kier molecular flexibility index (Phi) is 5.37. The first-order valence-electron chi connectivity index (χ1n) is 6.94. The van der Waals surface area contributed by atoms with E-state index in [9.17, 15) is 5.11 Å². The van der Waals surface area contributed by atoms with Gasteiger partial charge in [-0.15, -0.1) is 0 Å². The second-order valence-electron chi connectivity index (χ2n) is 5.65. The summed E-state index contributed by atoms with van der Waals surface area (Å²) in [5.74, 6) is 1.77. The number of phenolic OH excluding ortho intramolecular Hbond substituents is 1. The van der Waals surface area contributed by atoms with Crippen LogP contribution in [0.2, 0.25) is 10.0 Å². The summed E-state index contributed by atoms with van der Waals surface area (Å²) in [6, 6.07) is 3.32. The van der Waals surface area contributed by atoms with E-state index < -0.39 is 0 Å². The molecule has 0 radical (unpaired) electrons. The first kappa shape index (κ1) is 15.0. The van der Waals surface area contributed by atoms with Gasteiger partial charge in [0.25, 0.3) is 0 Å². The van der Waals surface area contributed by atoms with Gasteiger partial charge in [-0.2, -0.15) is 0 Å². The van der Waals surface area contributed by atoms with Gasteiger partial charge in [-0.3, -0.25) is 0 Å². The lowest BCUT2D eigenvalue weighted by molar-refractivity contribution is 0.281. The maximum atomic E-state index is 9.86. The number of benzene rings is 1. The summed E-state index contributed by atoms with van der Waals surface area (Å²) in [6.45, 7) is 3.93. The highest BCUT2D eigenvalue weighted by atomic mass is 35.5. The van der Waals surface area contributed by atoms with E-state index in [0.29, 0.717) is 16.6 Å². The van der Waals surface area contributed by atoms with Crippen LogP contribution in [0.1, 0.15) is 38.2 Å². The summed E-state index contributed by atoms with van der Waals surface area (Å²) in [7, 11) is 0. The summed E-state index contributed by atoms with van der Waals surface area (Å²) >= 11 is 11.8. The molecule has 0 heterocycles. The molecule has 2 nitrogen and oxygen atoms in total. The van der Waals surface area contributed by atoms with E-state index in [2.05, 4.69) is 12.2 Å². The van der Waals surface area contributed by atoms with Gasteiger partial charge in [0.1, 0.15) is 5.75 Å². The number of nitrogens with one attached hydrogen (secondary N) is 1. The lowest BCUT2D eigenvalue weighted by Crippen LogP contribution is -2.25. The smallest absolute Gasteiger partial charge is 0.138 e. The number of halogens is 2. The zero-order valence-electron chi connectivity index (χ0n) is 11.3. The van der Waals surface area contributed by atoms with Crippen LogP contribution in [0.15, 0.2) is 12.1 Å². The largest absolute Gasteiger partial charge is 0.506 e. The van der Waals surface area contributed by atoms with Crippen molar-refractivity contribution >= 4 is 23.2 Å². The first-order chi connectivity index (χ1) is 9.06. The highest BCUT2D eigenvalue weighted by Gasteiger charge is 2.17. The number of hydrogen-bond donors (Lipinski definition) is 2. The highest BCUT2D eigenvalue weighted by molar-refractivity contribution is 6.35. The molecule has 2 N–H and O–H groups in total. The van der Waals surface area contributed by atoms with Gasteiger partial charge in [0.2, 0.25) is 0 Å². The molecule has 1 saturated carbocycles. The Labute approximate surface area is 125 Å². The van der Waals surface area contributed by atoms with Crippen molar-refractivity contribution in [2.45, 2.75) is 39.2 Å². The van der Waals surface area contributed by atoms with Gasteiger partial charge < -0.3 is 10.4 Å². The van der Waals surface area contributed by atoms with Gasteiger partial charge in [0.05, 0.1) is 5.02 Å². The predicted molar refractivity (Wildman–Crippen MR) is 81.0 cm³/mol. The molecule has 19 heavy (non-hydrogen) atoms. The Morgan fingerprint density at radius 1 is 1.21 bits per heavy atom. The van der Waals surface area contributed by atoms with Crippen molar-refractivity contribution < 1.29 is 5.11 Å². The molecule has 0 bridgehead atoms. The van der Waals surface area contributed by atoms with Gasteiger partial charge in [-0.05, 0) is 43.4 Å². The fraction of sp³-hybridized carbons (Fsp3) is 0.600. The van der Waals surface area contributed by atoms with Crippen LogP contribution in [0.25, 0.3) is 0 Å². The van der Waals surface area contributed by atoms with Crippen LogP contribution in [-0.4, -0.2) is 11.7 Å². The molecule has 0 spiro atoms. The van der Waals surface area contributed by atoms with E-state index >= 15 is 0 Å². The predicted octanol–water partition coefficient (Wildman–Crippen LogP) is 4.61. The lowest BCUT2D eigenvalue weighted by Gasteiger charge is -2.26. The minimum atomic E-state index is 0.135. The van der Waals surface area contributed by atoms with Gasteiger partial charge in [0.15, 0.2) is 0 Å². The molecule has 0 saturated heterocycles. The van der Waals surface area contributed by atoms with Crippen molar-refractivity contribution in [1.29, 1.82) is 0 Å². The van der Waals surface area contributed by atoms with Crippen molar-refractivity contribution in [2.75, 3.05) is 6.54 Å². The minimum absolute atomic E-state index is 0.135. The zero-order valence-corrected chi connectivity index (χ0v) is 12.8. The normalized spacial score (nSPS) is 23.5. The molecule has 1 aromatic carbocycles. The van der Waals surface area contributed by atoms with E-state index in [1.54, 1.807) is 12.1 Å². The molecule has 0 atom stereocenters. The van der Waals surface area contributed by atoms with Crippen molar-refractivity contribution in [1.82, 2.24) is 5.32 Å². The maximum Gasteiger partial charge on any atom is 0.138 e. The van der Waals surface area contributed by atoms with E-state index in [1.165, 1.54) is 25.7 Å². The average Bonchev–Trinajstić information content (AvgIpc) is 2.37. The summed E-state index contributed by atoms with van der Waals surface area (Å²) in [5.41, 5.74) is 0.765. The molecular weight excluding hydrogens is 281 g/mol. The Hall–Kier alpha value is -0.440. The van der Waals surface area contributed by atoms with Crippen molar-refractivity contribution in [2.24, 2.45) is 11.8 Å². The summed E-state index contributed by atoms with van der Waals surface area (Å²) in [5, 5.41) is 14.1. The lowest BCUT2D eigenvalue weighted by atomic mass is 9.83. The van der Waals surface area contributed by atoms with Gasteiger partial charge >= 0.3 is 0 Å². The summed E-state index contributed by atoms with van der Waals surface area (Å²) in [4.78, 5) is 0. The first-order valence-corrected chi connectivity index (χ1v) is 7.69. The third-order valence-electron chi connectivity index (χ3n) is 3.99. The quantitative estimate of drug-likeness (QED) is 0.851. The molecule has 0 aromatic heterocycles. The SMILES string of the molecule is CC1CCC(CNCc2cc(Cl)cc(Cl)c2O)CC1. The van der Waals surface area contributed by atoms with E-state index in [1.807, 2.05) is 0 Å². The highest BCUT2D eigenvalue weighted by Crippen LogP contribution is 2.31. The van der Waals surface area contributed by atoms with Crippen LogP contribution in [0, 0.1) is 11.8 Å². The molecule has 0 unspecified atom stereocenters. The molecule has 0 aliphatic heterocycles. The number of phenols is 1. The Morgan fingerprint density at radius 3 is 2.58 bits per heavy atom. The average molecular weight is 302 g/mol. The fourth-order valence-electron chi connectivity index (χ4n) is 2.70. The van der Waals surface area contributed by atoms with Crippen LogP contribution < -0.4 is 5.32 Å². The van der Waals surface area contributed by atoms with E-state index in [-0.39, 0.29) is 5.75 Å². The van der Waals surface area contributed by atoms with Crippen molar-refractivity contribution in [3.8, 4) is 5.75 Å². The van der Waals surface area contributed by atoms with Crippen molar-refractivity contribution in [3.05, 3.63) is 27.7 Å². The molecule has 1 aliphatic rings. The van der Waals surface area contributed by atoms with Gasteiger partial charge in [-0.1, -0.05) is 43.0 Å². The van der Waals surface area contributed by atoms with E-state index in [0.717, 1.165) is 23.9 Å². The molecule has 4 heteroatoms. The van der Waals surface area contributed by atoms with Crippen LogP contribution in [-0.2, 0) is 6.54 Å². The Bertz CT molecular complexity index is 428. The van der Waals surface area contributed by atoms with Crippen LogP contribution in [0.4, 0.5) is 0 Å². The zero-order chi connectivity index (χ0) is 13.8. The summed E-state index contributed by atoms with van der Waals surface area (Å²) in [6.07, 6.45) is 5.27. The Balaban J connectivity index is 1.83. The topological polar surface area (TPSA) is 32.3 Å². The van der Waals surface area contributed by atoms with Crippen LogP contribution >= 0.6 is 23.2 Å². The third kappa shape index (κ3) is 4.27. The molecule has 1 aromatic rings. The van der Waals surface area contributed by atoms with Crippen LogP contribution in [0.3, 0.4) is 0 Å². The number of aromatic hydroxyl groups is 1. The fourth-order valence-corrected chi connectivity index (χ4v) is 3.23. The maximum absolute atomic E-state index is 9.86.